The molecule has 3 heterocycles. The van der Waals surface area contributed by atoms with Gasteiger partial charge in [-0.05, 0) is 72.5 Å². The molecule has 124 valence electrons. The molecule has 0 N–H and O–H groups in total. The van der Waals surface area contributed by atoms with Crippen LogP contribution in [0, 0.1) is 20.8 Å². The van der Waals surface area contributed by atoms with Crippen molar-refractivity contribution in [3.05, 3.63) is 64.9 Å². The monoisotopic (exact) mass is 347 g/mol. The Kier molecular flexibility index (Phi) is 3.93. The van der Waals surface area contributed by atoms with Crippen LogP contribution in [-0.4, -0.2) is 15.2 Å². The zero-order chi connectivity index (χ0) is 17.4. The van der Waals surface area contributed by atoms with Crippen LogP contribution < -0.4 is 4.74 Å². The molecule has 0 amide bonds. The Morgan fingerprint density at radius 1 is 1.00 bits per heavy atom. The second-order valence-electron chi connectivity index (χ2n) is 6.02. The number of hydrogen-bond donors (Lipinski definition) is 0. The topological polar surface area (TPSA) is 47.9 Å². The molecular weight excluding hydrogens is 330 g/mol. The van der Waals surface area contributed by atoms with Gasteiger partial charge in [-0.2, -0.15) is 10.2 Å². The van der Waals surface area contributed by atoms with Gasteiger partial charge in [-0.15, -0.1) is 11.3 Å². The number of aromatic nitrogens is 3. The van der Waals surface area contributed by atoms with Crippen molar-refractivity contribution in [2.75, 3.05) is 0 Å². The van der Waals surface area contributed by atoms with Crippen LogP contribution in [-0.2, 0) is 0 Å². The number of pyridine rings is 1. The van der Waals surface area contributed by atoms with E-state index in [1.165, 1.54) is 0 Å². The van der Waals surface area contributed by atoms with Gasteiger partial charge in [-0.1, -0.05) is 6.07 Å². The molecule has 1 aromatic carbocycles. The lowest BCUT2D eigenvalue weighted by Crippen LogP contribution is -1.96. The Bertz CT molecular complexity index is 1050. The van der Waals surface area contributed by atoms with E-state index in [0.29, 0.717) is 5.88 Å². The fourth-order valence-electron chi connectivity index (χ4n) is 3.04. The molecule has 5 heteroatoms. The lowest BCUT2D eigenvalue weighted by Gasteiger charge is -2.13. The lowest BCUT2D eigenvalue weighted by atomic mass is 9.96. The number of fused-ring (bicyclic) bond motifs is 1. The highest BCUT2D eigenvalue weighted by Gasteiger charge is 2.12. The van der Waals surface area contributed by atoms with E-state index in [0.717, 1.165) is 43.8 Å². The fraction of sp³-hybridized carbons (Fsp3) is 0.150. The fourth-order valence-corrected chi connectivity index (χ4v) is 3.86. The first-order chi connectivity index (χ1) is 12.1. The first kappa shape index (κ1) is 15.7. The van der Waals surface area contributed by atoms with Gasteiger partial charge in [0.25, 0.3) is 0 Å². The van der Waals surface area contributed by atoms with Crippen LogP contribution in [0.1, 0.15) is 16.8 Å². The number of hydrogen-bond acceptors (Lipinski definition) is 5. The molecule has 0 radical (unpaired) electrons. The summed E-state index contributed by atoms with van der Waals surface area (Å²) in [5, 5.41) is 11.4. The third-order valence-corrected chi connectivity index (χ3v) is 5.15. The second kappa shape index (κ2) is 6.26. The van der Waals surface area contributed by atoms with E-state index in [4.69, 9.17) is 4.74 Å². The van der Waals surface area contributed by atoms with Crippen LogP contribution in [0.25, 0.3) is 21.2 Å². The quantitative estimate of drug-likeness (QED) is 0.493. The summed E-state index contributed by atoms with van der Waals surface area (Å²) in [6, 6.07) is 10.2. The summed E-state index contributed by atoms with van der Waals surface area (Å²) in [4.78, 5) is 4.38. The van der Waals surface area contributed by atoms with E-state index >= 15 is 0 Å². The molecule has 0 spiro atoms. The van der Waals surface area contributed by atoms with Crippen LogP contribution in [0.5, 0.6) is 11.6 Å². The highest BCUT2D eigenvalue weighted by molar-refractivity contribution is 7.17. The second-order valence-corrected chi connectivity index (χ2v) is 6.94. The maximum Gasteiger partial charge on any atom is 0.237 e. The zero-order valence-corrected chi connectivity index (χ0v) is 15.1. The molecule has 0 atom stereocenters. The summed E-state index contributed by atoms with van der Waals surface area (Å²) in [5.74, 6) is 1.43. The SMILES string of the molecule is Cc1cc(Oc2nccc3ccsc23)ccc1-c1c(C)cnnc1C. The molecular formula is C20H17N3OS. The van der Waals surface area contributed by atoms with Gasteiger partial charge < -0.3 is 4.74 Å². The first-order valence-corrected chi connectivity index (χ1v) is 8.91. The Morgan fingerprint density at radius 3 is 2.68 bits per heavy atom. The number of nitrogens with zero attached hydrogens (tertiary/aromatic N) is 3. The highest BCUT2D eigenvalue weighted by Crippen LogP contribution is 2.34. The predicted molar refractivity (Wildman–Crippen MR) is 101 cm³/mol. The predicted octanol–water partition coefficient (Wildman–Crippen LogP) is 5.47. The minimum Gasteiger partial charge on any atom is -0.438 e. The Balaban J connectivity index is 1.72. The van der Waals surface area contributed by atoms with Gasteiger partial charge in [0.1, 0.15) is 5.75 Å². The number of benzene rings is 1. The van der Waals surface area contributed by atoms with Crippen molar-refractivity contribution >= 4 is 21.4 Å². The molecule has 0 fully saturated rings. The average Bonchev–Trinajstić information content (AvgIpc) is 3.06. The van der Waals surface area contributed by atoms with E-state index in [1.54, 1.807) is 23.7 Å². The molecule has 0 unspecified atom stereocenters. The largest absolute Gasteiger partial charge is 0.438 e. The summed E-state index contributed by atoms with van der Waals surface area (Å²) >= 11 is 1.64. The summed E-state index contributed by atoms with van der Waals surface area (Å²) in [6.45, 7) is 6.13. The van der Waals surface area contributed by atoms with E-state index in [1.807, 2.05) is 25.1 Å². The van der Waals surface area contributed by atoms with Gasteiger partial charge >= 0.3 is 0 Å². The highest BCUT2D eigenvalue weighted by atomic mass is 32.1. The van der Waals surface area contributed by atoms with Crippen LogP contribution >= 0.6 is 11.3 Å². The van der Waals surface area contributed by atoms with Crippen LogP contribution in [0.3, 0.4) is 0 Å². The van der Waals surface area contributed by atoms with Crippen molar-refractivity contribution < 1.29 is 4.74 Å². The average molecular weight is 347 g/mol. The zero-order valence-electron chi connectivity index (χ0n) is 14.3. The molecule has 0 saturated heterocycles. The van der Waals surface area contributed by atoms with Gasteiger partial charge in [0.15, 0.2) is 0 Å². The summed E-state index contributed by atoms with van der Waals surface area (Å²) in [6.07, 6.45) is 3.58. The van der Waals surface area contributed by atoms with Crippen LogP contribution in [0.15, 0.2) is 48.1 Å². The number of rotatable bonds is 3. The van der Waals surface area contributed by atoms with E-state index < -0.39 is 0 Å². The minimum absolute atomic E-state index is 0.651. The molecule has 4 aromatic rings. The molecule has 0 saturated carbocycles. The summed E-state index contributed by atoms with van der Waals surface area (Å²) in [5.41, 5.74) is 5.48. The van der Waals surface area contributed by atoms with E-state index in [9.17, 15) is 0 Å². The maximum absolute atomic E-state index is 6.05. The first-order valence-electron chi connectivity index (χ1n) is 8.03. The molecule has 4 nitrogen and oxygen atoms in total. The minimum atomic E-state index is 0.651. The van der Waals surface area contributed by atoms with Crippen LogP contribution in [0.2, 0.25) is 0 Å². The van der Waals surface area contributed by atoms with Gasteiger partial charge in [-0.3, -0.25) is 0 Å². The standard InChI is InChI=1S/C20H17N3OS/c1-12-10-16(24-20-19-15(6-8-21-20)7-9-25-19)4-5-17(12)18-13(2)11-22-23-14(18)3/h4-11H,1-3H3. The van der Waals surface area contributed by atoms with Crippen molar-refractivity contribution in [1.29, 1.82) is 0 Å². The molecule has 0 aliphatic heterocycles. The molecule has 0 aliphatic rings. The van der Waals surface area contributed by atoms with Crippen molar-refractivity contribution in [2.45, 2.75) is 20.8 Å². The van der Waals surface area contributed by atoms with Gasteiger partial charge in [0.05, 0.1) is 16.6 Å². The maximum atomic E-state index is 6.05. The Morgan fingerprint density at radius 2 is 1.88 bits per heavy atom. The number of thiophene rings is 1. The number of aryl methyl sites for hydroxylation is 3. The van der Waals surface area contributed by atoms with Gasteiger partial charge in [0, 0.05) is 11.8 Å². The van der Waals surface area contributed by atoms with Crippen LogP contribution in [0.4, 0.5) is 0 Å². The van der Waals surface area contributed by atoms with Crippen molar-refractivity contribution in [3.8, 4) is 22.8 Å². The Labute approximate surface area is 150 Å². The van der Waals surface area contributed by atoms with Gasteiger partial charge in [-0.25, -0.2) is 4.98 Å². The van der Waals surface area contributed by atoms with Crippen molar-refractivity contribution in [3.63, 3.8) is 0 Å². The molecule has 3 aromatic heterocycles. The van der Waals surface area contributed by atoms with Crippen molar-refractivity contribution in [2.24, 2.45) is 0 Å². The summed E-state index contributed by atoms with van der Waals surface area (Å²) < 4.78 is 7.12. The van der Waals surface area contributed by atoms with Gasteiger partial charge in [0.2, 0.25) is 5.88 Å². The summed E-state index contributed by atoms with van der Waals surface area (Å²) in [7, 11) is 0. The van der Waals surface area contributed by atoms with Crippen molar-refractivity contribution in [1.82, 2.24) is 15.2 Å². The normalized spacial score (nSPS) is 11.0. The molecule has 25 heavy (non-hydrogen) atoms. The molecule has 4 rings (SSSR count). The third kappa shape index (κ3) is 2.87. The number of ether oxygens (including phenoxy) is 1. The van der Waals surface area contributed by atoms with E-state index in [2.05, 4.69) is 46.5 Å². The van der Waals surface area contributed by atoms with E-state index in [-0.39, 0.29) is 0 Å². The molecule has 0 bridgehead atoms. The Hall–Kier alpha value is -2.79. The lowest BCUT2D eigenvalue weighted by molar-refractivity contribution is 0.470. The molecule has 0 aliphatic carbocycles. The third-order valence-electron chi connectivity index (χ3n) is 4.23. The smallest absolute Gasteiger partial charge is 0.237 e.